The van der Waals surface area contributed by atoms with Gasteiger partial charge in [-0.25, -0.2) is 0 Å². The highest BCUT2D eigenvalue weighted by molar-refractivity contribution is 7.99. The molecule has 1 fully saturated rings. The zero-order valence-corrected chi connectivity index (χ0v) is 17.8. The Morgan fingerprint density at radius 3 is 2.32 bits per heavy atom. The molecule has 0 saturated carbocycles. The van der Waals surface area contributed by atoms with Gasteiger partial charge >= 0.3 is 5.97 Å². The van der Waals surface area contributed by atoms with Gasteiger partial charge < -0.3 is 23.8 Å². The molecular formula is C20H29NO6S. The molecule has 0 spiro atoms. The van der Waals surface area contributed by atoms with E-state index in [1.165, 1.54) is 7.11 Å². The number of methoxy groups -OCH3 is 4. The van der Waals surface area contributed by atoms with Crippen LogP contribution in [-0.4, -0.2) is 57.5 Å². The average molecular weight is 412 g/mol. The molecule has 1 saturated heterocycles. The summed E-state index contributed by atoms with van der Waals surface area (Å²) < 4.78 is 21.2. The number of nitrogens with zero attached hydrogens (tertiary/aromatic N) is 1. The molecule has 2 rings (SSSR count). The van der Waals surface area contributed by atoms with Crippen LogP contribution in [0.1, 0.15) is 43.0 Å². The second-order valence-electron chi connectivity index (χ2n) is 6.39. The molecule has 0 N–H and O–H groups in total. The van der Waals surface area contributed by atoms with E-state index in [1.807, 2.05) is 17.0 Å². The zero-order chi connectivity index (χ0) is 20.5. The Labute approximate surface area is 170 Å². The van der Waals surface area contributed by atoms with Crippen molar-refractivity contribution >= 4 is 23.6 Å². The number of benzene rings is 1. The van der Waals surface area contributed by atoms with Crippen molar-refractivity contribution in [1.29, 1.82) is 0 Å². The van der Waals surface area contributed by atoms with Gasteiger partial charge in [0, 0.05) is 37.3 Å². The van der Waals surface area contributed by atoms with Crippen LogP contribution in [0.25, 0.3) is 0 Å². The molecule has 0 aromatic heterocycles. The first-order valence-electron chi connectivity index (χ1n) is 9.33. The molecule has 0 radical (unpaired) electrons. The third-order valence-electron chi connectivity index (χ3n) is 4.70. The molecule has 1 atom stereocenters. The monoisotopic (exact) mass is 411 g/mol. The van der Waals surface area contributed by atoms with E-state index < -0.39 is 0 Å². The largest absolute Gasteiger partial charge is 0.496 e. The van der Waals surface area contributed by atoms with Crippen LogP contribution in [0, 0.1) is 0 Å². The van der Waals surface area contributed by atoms with E-state index >= 15 is 0 Å². The van der Waals surface area contributed by atoms with Crippen molar-refractivity contribution in [2.24, 2.45) is 0 Å². The van der Waals surface area contributed by atoms with Crippen molar-refractivity contribution in [3.8, 4) is 17.2 Å². The van der Waals surface area contributed by atoms with Crippen LogP contribution in [0.2, 0.25) is 0 Å². The summed E-state index contributed by atoms with van der Waals surface area (Å²) in [5.74, 6) is 2.59. The number of carbonyl (C=O) groups is 2. The minimum atomic E-state index is -0.199. The van der Waals surface area contributed by atoms with Gasteiger partial charge in [0.25, 0.3) is 0 Å². The first kappa shape index (κ1) is 22.2. The lowest BCUT2D eigenvalue weighted by molar-refractivity contribution is -0.140. The predicted molar refractivity (Wildman–Crippen MR) is 108 cm³/mol. The van der Waals surface area contributed by atoms with Gasteiger partial charge in [0.2, 0.25) is 5.91 Å². The Bertz CT molecular complexity index is 656. The van der Waals surface area contributed by atoms with Crippen LogP contribution in [0.5, 0.6) is 17.2 Å². The van der Waals surface area contributed by atoms with Crippen molar-refractivity contribution in [3.63, 3.8) is 0 Å². The second kappa shape index (κ2) is 11.0. The first-order valence-corrected chi connectivity index (χ1v) is 10.4. The fourth-order valence-electron chi connectivity index (χ4n) is 3.21. The molecule has 0 bridgehead atoms. The van der Waals surface area contributed by atoms with Gasteiger partial charge in [-0.3, -0.25) is 9.59 Å². The van der Waals surface area contributed by atoms with E-state index in [9.17, 15) is 9.59 Å². The zero-order valence-electron chi connectivity index (χ0n) is 17.0. The third kappa shape index (κ3) is 5.47. The van der Waals surface area contributed by atoms with Gasteiger partial charge in [-0.2, -0.15) is 0 Å². The Kier molecular flexibility index (Phi) is 8.76. The van der Waals surface area contributed by atoms with Crippen molar-refractivity contribution in [2.75, 3.05) is 40.7 Å². The fourth-order valence-corrected chi connectivity index (χ4v) is 4.53. The highest BCUT2D eigenvalue weighted by Crippen LogP contribution is 2.47. The molecule has 1 aromatic rings. The Morgan fingerprint density at radius 1 is 1.07 bits per heavy atom. The lowest BCUT2D eigenvalue weighted by Crippen LogP contribution is -2.38. The van der Waals surface area contributed by atoms with Crippen molar-refractivity contribution in [1.82, 2.24) is 4.90 Å². The van der Waals surface area contributed by atoms with Crippen LogP contribution in [-0.2, 0) is 14.3 Å². The number of ether oxygens (including phenoxy) is 4. The predicted octanol–water partition coefficient (Wildman–Crippen LogP) is 3.41. The van der Waals surface area contributed by atoms with Crippen LogP contribution < -0.4 is 14.2 Å². The summed E-state index contributed by atoms with van der Waals surface area (Å²) in [6.45, 7) is 0.621. The number of rotatable bonds is 10. The van der Waals surface area contributed by atoms with E-state index in [0.717, 1.165) is 30.6 Å². The molecule has 28 heavy (non-hydrogen) atoms. The van der Waals surface area contributed by atoms with Crippen LogP contribution >= 0.6 is 11.8 Å². The summed E-state index contributed by atoms with van der Waals surface area (Å²) >= 11 is 1.70. The highest BCUT2D eigenvalue weighted by atomic mass is 32.2. The van der Waals surface area contributed by atoms with Gasteiger partial charge in [0.15, 0.2) is 0 Å². The summed E-state index contributed by atoms with van der Waals surface area (Å²) in [6, 6.07) is 3.62. The topological polar surface area (TPSA) is 74.3 Å². The highest BCUT2D eigenvalue weighted by Gasteiger charge is 2.34. The second-order valence-corrected chi connectivity index (χ2v) is 7.58. The number of hydrogen-bond acceptors (Lipinski definition) is 7. The van der Waals surface area contributed by atoms with E-state index in [2.05, 4.69) is 4.74 Å². The number of carbonyl (C=O) groups excluding carboxylic acids is 2. The number of hydrogen-bond donors (Lipinski definition) is 0. The quantitative estimate of drug-likeness (QED) is 0.431. The standard InChI is InChI=1S/C20H29NO6S/c1-24-14-12-15(25-2)19(16(13-14)26-3)20-21(17(22)9-11-28-20)10-7-5-6-8-18(23)27-4/h12-13,20H,5-11H2,1-4H3. The molecular weight excluding hydrogens is 382 g/mol. The lowest BCUT2D eigenvalue weighted by Gasteiger charge is -2.36. The summed E-state index contributed by atoms with van der Waals surface area (Å²) in [7, 11) is 6.19. The molecule has 1 amide bonds. The Morgan fingerprint density at radius 2 is 1.75 bits per heavy atom. The smallest absolute Gasteiger partial charge is 0.305 e. The normalized spacial score (nSPS) is 16.6. The Balaban J connectivity index is 2.17. The number of thioether (sulfide) groups is 1. The van der Waals surface area contributed by atoms with Gasteiger partial charge in [-0.15, -0.1) is 11.8 Å². The van der Waals surface area contributed by atoms with Gasteiger partial charge in [-0.05, 0) is 12.8 Å². The van der Waals surface area contributed by atoms with Crippen LogP contribution in [0.15, 0.2) is 12.1 Å². The maximum Gasteiger partial charge on any atom is 0.305 e. The molecule has 1 aliphatic rings. The van der Waals surface area contributed by atoms with Crippen LogP contribution in [0.3, 0.4) is 0 Å². The number of amides is 1. The van der Waals surface area contributed by atoms with Crippen molar-refractivity contribution in [2.45, 2.75) is 37.5 Å². The van der Waals surface area contributed by atoms with Crippen molar-refractivity contribution < 1.29 is 28.5 Å². The maximum absolute atomic E-state index is 12.7. The number of unbranched alkanes of at least 4 members (excludes halogenated alkanes) is 2. The molecule has 156 valence electrons. The minimum Gasteiger partial charge on any atom is -0.496 e. The summed E-state index contributed by atoms with van der Waals surface area (Å²) in [5.41, 5.74) is 0.846. The molecule has 8 heteroatoms. The fraction of sp³-hybridized carbons (Fsp3) is 0.600. The third-order valence-corrected chi connectivity index (χ3v) is 5.95. The molecule has 1 aromatic carbocycles. The van der Waals surface area contributed by atoms with E-state index in [0.29, 0.717) is 36.6 Å². The Hall–Kier alpha value is -2.09. The molecule has 0 aliphatic carbocycles. The minimum absolute atomic E-state index is 0.122. The molecule has 1 aliphatic heterocycles. The molecule has 7 nitrogen and oxygen atoms in total. The van der Waals surface area contributed by atoms with E-state index in [4.69, 9.17) is 14.2 Å². The van der Waals surface area contributed by atoms with E-state index in [-0.39, 0.29) is 17.3 Å². The molecule has 1 unspecified atom stereocenters. The van der Waals surface area contributed by atoms with Gasteiger partial charge in [-0.1, -0.05) is 6.42 Å². The maximum atomic E-state index is 12.7. The first-order chi connectivity index (χ1) is 13.5. The van der Waals surface area contributed by atoms with Crippen LogP contribution in [0.4, 0.5) is 0 Å². The molecule has 1 heterocycles. The van der Waals surface area contributed by atoms with Crippen molar-refractivity contribution in [3.05, 3.63) is 17.7 Å². The number of esters is 1. The SMILES string of the molecule is COC(=O)CCCCCN1C(=O)CCSC1c1c(OC)cc(OC)cc1OC. The van der Waals surface area contributed by atoms with Gasteiger partial charge in [0.1, 0.15) is 22.6 Å². The average Bonchev–Trinajstić information content (AvgIpc) is 2.73. The lowest BCUT2D eigenvalue weighted by atomic mass is 10.1. The summed E-state index contributed by atoms with van der Waals surface area (Å²) in [5, 5.41) is -0.183. The summed E-state index contributed by atoms with van der Waals surface area (Å²) in [4.78, 5) is 25.8. The summed E-state index contributed by atoms with van der Waals surface area (Å²) in [6.07, 6.45) is 3.35. The van der Waals surface area contributed by atoms with E-state index in [1.54, 1.807) is 33.1 Å². The van der Waals surface area contributed by atoms with Gasteiger partial charge in [0.05, 0.1) is 34.0 Å².